The largest absolute Gasteiger partial charge is 0.353 e. The van der Waals surface area contributed by atoms with E-state index in [4.69, 9.17) is 5.73 Å². The van der Waals surface area contributed by atoms with Gasteiger partial charge in [0.25, 0.3) is 0 Å². The van der Waals surface area contributed by atoms with Crippen LogP contribution in [0.25, 0.3) is 0 Å². The first-order valence-corrected chi connectivity index (χ1v) is 7.94. The van der Waals surface area contributed by atoms with Crippen molar-refractivity contribution >= 4 is 36.6 Å². The minimum atomic E-state index is -0.639. The number of amides is 2. The number of likely N-dealkylation sites (N-methyl/N-ethyl adjacent to an activating group) is 1. The van der Waals surface area contributed by atoms with Gasteiger partial charge in [-0.25, -0.2) is 4.39 Å². The lowest BCUT2D eigenvalue weighted by Gasteiger charge is -2.25. The normalized spacial score (nSPS) is 12.6. The molecule has 0 aliphatic heterocycles. The molecule has 6 nitrogen and oxygen atoms in total. The highest BCUT2D eigenvalue weighted by Crippen LogP contribution is 2.18. The number of hydrogen-bond donors (Lipinski definition) is 3. The number of rotatable bonds is 8. The molecule has 0 radical (unpaired) electrons. The van der Waals surface area contributed by atoms with Gasteiger partial charge in [-0.15, -0.1) is 24.8 Å². The number of halogens is 3. The second-order valence-corrected chi connectivity index (χ2v) is 6.33. The van der Waals surface area contributed by atoms with Crippen LogP contribution in [0.4, 0.5) is 4.39 Å². The van der Waals surface area contributed by atoms with E-state index in [1.807, 2.05) is 38.9 Å². The summed E-state index contributed by atoms with van der Waals surface area (Å²) >= 11 is 0. The molecule has 0 fully saturated rings. The average Bonchev–Trinajstić information content (AvgIpc) is 2.51. The van der Waals surface area contributed by atoms with Crippen molar-refractivity contribution in [2.45, 2.75) is 25.9 Å². The van der Waals surface area contributed by atoms with Gasteiger partial charge in [0.2, 0.25) is 11.8 Å². The molecule has 1 rings (SSSR count). The summed E-state index contributed by atoms with van der Waals surface area (Å²) in [6, 6.07) is 5.46. The zero-order valence-corrected chi connectivity index (χ0v) is 17.1. The third kappa shape index (κ3) is 8.80. The molecule has 0 aliphatic rings. The number of carbonyl (C=O) groups excluding carboxylic acids is 2. The Morgan fingerprint density at radius 2 is 1.81 bits per heavy atom. The van der Waals surface area contributed by atoms with Gasteiger partial charge in [0.15, 0.2) is 0 Å². The Bertz CT molecular complexity index is 573. The van der Waals surface area contributed by atoms with E-state index >= 15 is 0 Å². The van der Waals surface area contributed by atoms with Gasteiger partial charge >= 0.3 is 0 Å². The molecule has 0 bridgehead atoms. The van der Waals surface area contributed by atoms with Crippen molar-refractivity contribution in [2.24, 2.45) is 11.7 Å². The van der Waals surface area contributed by atoms with Crippen LogP contribution >= 0.6 is 24.8 Å². The molecule has 9 heteroatoms. The molecule has 1 unspecified atom stereocenters. The molecule has 0 saturated heterocycles. The quantitative estimate of drug-likeness (QED) is 0.605. The molecule has 2 amide bonds. The van der Waals surface area contributed by atoms with Crippen LogP contribution < -0.4 is 16.4 Å². The van der Waals surface area contributed by atoms with Gasteiger partial charge in [0, 0.05) is 6.54 Å². The molecule has 0 aliphatic carbocycles. The van der Waals surface area contributed by atoms with Crippen molar-refractivity contribution in [1.29, 1.82) is 0 Å². The van der Waals surface area contributed by atoms with Crippen molar-refractivity contribution in [3.63, 3.8) is 0 Å². The van der Waals surface area contributed by atoms with Crippen LogP contribution in [0.5, 0.6) is 0 Å². The molecule has 0 saturated carbocycles. The van der Waals surface area contributed by atoms with Crippen molar-refractivity contribution in [3.05, 3.63) is 35.6 Å². The summed E-state index contributed by atoms with van der Waals surface area (Å²) in [6.45, 7) is 3.85. The number of nitrogens with one attached hydrogen (secondary N) is 2. The van der Waals surface area contributed by atoms with Crippen LogP contribution in [0.15, 0.2) is 24.3 Å². The minimum Gasteiger partial charge on any atom is -0.353 e. The van der Waals surface area contributed by atoms with Crippen LogP contribution in [-0.4, -0.2) is 49.9 Å². The average molecular weight is 411 g/mol. The van der Waals surface area contributed by atoms with E-state index in [-0.39, 0.29) is 61.0 Å². The van der Waals surface area contributed by atoms with Gasteiger partial charge in [0.1, 0.15) is 5.82 Å². The Hall–Kier alpha value is -1.41. The zero-order valence-electron chi connectivity index (χ0n) is 15.5. The first-order valence-electron chi connectivity index (χ1n) is 7.94. The smallest absolute Gasteiger partial charge is 0.239 e. The van der Waals surface area contributed by atoms with Crippen LogP contribution in [0.1, 0.15) is 25.5 Å². The molecular weight excluding hydrogens is 382 g/mol. The third-order valence-electron chi connectivity index (χ3n) is 3.79. The summed E-state index contributed by atoms with van der Waals surface area (Å²) in [4.78, 5) is 25.5. The molecule has 150 valence electrons. The van der Waals surface area contributed by atoms with Crippen molar-refractivity contribution in [3.8, 4) is 0 Å². The minimum absolute atomic E-state index is 0. The number of carbonyl (C=O) groups is 2. The summed E-state index contributed by atoms with van der Waals surface area (Å²) in [5.41, 5.74) is 6.48. The lowest BCUT2D eigenvalue weighted by atomic mass is 10.1. The first kappa shape index (κ1) is 26.8. The van der Waals surface area contributed by atoms with Gasteiger partial charge in [-0.1, -0.05) is 26.0 Å². The highest BCUT2D eigenvalue weighted by Gasteiger charge is 2.19. The van der Waals surface area contributed by atoms with Gasteiger partial charge in [-0.3, -0.25) is 9.59 Å². The molecule has 0 aromatic heterocycles. The second-order valence-electron chi connectivity index (χ2n) is 6.33. The standard InChI is InChI=1S/C17H27FN4O2.2ClH/c1-11(2)16(19)17(24)21-10-15(23)20-9-14(22(3)4)12-6-5-7-13(18)8-12;;/h5-8,11,14,16H,9-10,19H2,1-4H3,(H,20,23)(H,21,24);2*1H/t14?,16-;;/m0../s1. The summed E-state index contributed by atoms with van der Waals surface area (Å²) in [5.74, 6) is -0.989. The first-order chi connectivity index (χ1) is 11.2. The maximum Gasteiger partial charge on any atom is 0.239 e. The molecule has 1 aromatic carbocycles. The van der Waals surface area contributed by atoms with Gasteiger partial charge in [0.05, 0.1) is 18.6 Å². The van der Waals surface area contributed by atoms with Crippen LogP contribution in [-0.2, 0) is 9.59 Å². The van der Waals surface area contributed by atoms with Gasteiger partial charge in [-0.05, 0) is 37.7 Å². The molecule has 1 aromatic rings. The van der Waals surface area contributed by atoms with Crippen molar-refractivity contribution < 1.29 is 14.0 Å². The number of hydrogen-bond acceptors (Lipinski definition) is 4. The summed E-state index contributed by atoms with van der Waals surface area (Å²) in [5, 5.41) is 5.26. The zero-order chi connectivity index (χ0) is 18.3. The van der Waals surface area contributed by atoms with Gasteiger partial charge in [-0.2, -0.15) is 0 Å². The number of benzene rings is 1. The molecule has 26 heavy (non-hydrogen) atoms. The van der Waals surface area contributed by atoms with E-state index < -0.39 is 6.04 Å². The molecule has 4 N–H and O–H groups in total. The molecular formula is C17H29Cl2FN4O2. The summed E-state index contributed by atoms with van der Waals surface area (Å²) in [6.07, 6.45) is 0. The van der Waals surface area contributed by atoms with E-state index in [0.717, 1.165) is 5.56 Å². The van der Waals surface area contributed by atoms with E-state index in [1.54, 1.807) is 6.07 Å². The summed E-state index contributed by atoms with van der Waals surface area (Å²) < 4.78 is 13.4. The Morgan fingerprint density at radius 3 is 2.31 bits per heavy atom. The van der Waals surface area contributed by atoms with Crippen LogP contribution in [0.3, 0.4) is 0 Å². The van der Waals surface area contributed by atoms with Gasteiger partial charge < -0.3 is 21.3 Å². The predicted molar refractivity (Wildman–Crippen MR) is 106 cm³/mol. The van der Waals surface area contributed by atoms with E-state index in [9.17, 15) is 14.0 Å². The topological polar surface area (TPSA) is 87.5 Å². The van der Waals surface area contributed by atoms with E-state index in [1.165, 1.54) is 12.1 Å². The van der Waals surface area contributed by atoms with Crippen LogP contribution in [0, 0.1) is 11.7 Å². The maximum atomic E-state index is 13.4. The SMILES string of the molecule is CC(C)[C@H](N)C(=O)NCC(=O)NCC(c1cccc(F)c1)N(C)C.Cl.Cl. The molecule has 2 atom stereocenters. The van der Waals surface area contributed by atoms with Crippen molar-refractivity contribution in [2.75, 3.05) is 27.2 Å². The van der Waals surface area contributed by atoms with E-state index in [0.29, 0.717) is 6.54 Å². The lowest BCUT2D eigenvalue weighted by molar-refractivity contribution is -0.127. The Balaban J connectivity index is 0. The fourth-order valence-corrected chi connectivity index (χ4v) is 2.17. The Kier molecular flexibility index (Phi) is 13.3. The fourth-order valence-electron chi connectivity index (χ4n) is 2.17. The molecule has 0 spiro atoms. The lowest BCUT2D eigenvalue weighted by Crippen LogP contribution is -2.47. The number of nitrogens with zero attached hydrogens (tertiary/aromatic N) is 1. The highest BCUT2D eigenvalue weighted by atomic mass is 35.5. The number of nitrogens with two attached hydrogens (primary N) is 1. The predicted octanol–water partition coefficient (Wildman–Crippen LogP) is 1.49. The third-order valence-corrected chi connectivity index (χ3v) is 3.79. The highest BCUT2D eigenvalue weighted by molar-refractivity contribution is 5.87. The Morgan fingerprint density at radius 1 is 1.19 bits per heavy atom. The van der Waals surface area contributed by atoms with Crippen LogP contribution in [0.2, 0.25) is 0 Å². The summed E-state index contributed by atoms with van der Waals surface area (Å²) in [7, 11) is 3.70. The monoisotopic (exact) mass is 410 g/mol. The fraction of sp³-hybridized carbons (Fsp3) is 0.529. The maximum absolute atomic E-state index is 13.4. The van der Waals surface area contributed by atoms with E-state index in [2.05, 4.69) is 10.6 Å². The molecule has 0 heterocycles. The second kappa shape index (κ2) is 12.9. The van der Waals surface area contributed by atoms with Crippen molar-refractivity contribution in [1.82, 2.24) is 15.5 Å². The Labute approximate surface area is 166 Å².